The molecule has 1 aliphatic heterocycles. The number of amides is 2. The van der Waals surface area contributed by atoms with Crippen LogP contribution in [0, 0.1) is 0 Å². The number of aliphatic hydroxyl groups excluding tert-OH is 1. The van der Waals surface area contributed by atoms with Gasteiger partial charge in [-0.2, -0.15) is 0 Å². The van der Waals surface area contributed by atoms with E-state index in [0.29, 0.717) is 22.2 Å². The summed E-state index contributed by atoms with van der Waals surface area (Å²) >= 11 is 12.2. The monoisotopic (exact) mass is 384 g/mol. The molecule has 1 aromatic rings. The summed E-state index contributed by atoms with van der Waals surface area (Å²) in [5.74, 6) is -0.705. The van der Waals surface area contributed by atoms with Gasteiger partial charge < -0.3 is 10.0 Å². The van der Waals surface area contributed by atoms with Gasteiger partial charge in [0.15, 0.2) is 0 Å². The summed E-state index contributed by atoms with van der Waals surface area (Å²) in [5, 5.41) is 9.99. The van der Waals surface area contributed by atoms with Gasteiger partial charge in [-0.3, -0.25) is 14.5 Å². The number of benzene rings is 1. The second-order valence-electron chi connectivity index (χ2n) is 5.96. The summed E-state index contributed by atoms with van der Waals surface area (Å²) in [7, 11) is 1.68. The number of halogens is 2. The van der Waals surface area contributed by atoms with Crippen molar-refractivity contribution in [3.8, 4) is 0 Å². The van der Waals surface area contributed by atoms with Crippen LogP contribution in [0.15, 0.2) is 23.9 Å². The lowest BCUT2D eigenvalue weighted by molar-refractivity contribution is -0.137. The second kappa shape index (κ2) is 8.70. The van der Waals surface area contributed by atoms with Crippen LogP contribution in [-0.4, -0.2) is 53.5 Å². The number of likely N-dealkylation sites (N-methyl/N-ethyl adjacent to an activating group) is 1. The smallest absolute Gasteiger partial charge is 0.277 e. The summed E-state index contributed by atoms with van der Waals surface area (Å²) in [4.78, 5) is 28.6. The van der Waals surface area contributed by atoms with E-state index in [2.05, 4.69) is 6.92 Å². The number of carbonyl (C=O) groups excluding carboxylic acids is 2. The molecule has 25 heavy (non-hydrogen) atoms. The lowest BCUT2D eigenvalue weighted by Gasteiger charge is -2.20. The van der Waals surface area contributed by atoms with Gasteiger partial charge in [0.2, 0.25) is 0 Å². The SMILES string of the molecule is CCCCCN1C(=O)C(c2ccc(Cl)cc2Cl)=C(N(C)CCO)C1=O. The second-order valence-corrected chi connectivity index (χ2v) is 6.81. The third-order valence-electron chi connectivity index (χ3n) is 4.15. The van der Waals surface area contributed by atoms with Crippen LogP contribution in [0.4, 0.5) is 0 Å². The molecule has 136 valence electrons. The van der Waals surface area contributed by atoms with E-state index in [0.717, 1.165) is 19.3 Å². The fourth-order valence-electron chi connectivity index (χ4n) is 2.84. The van der Waals surface area contributed by atoms with Crippen molar-refractivity contribution in [2.45, 2.75) is 26.2 Å². The molecule has 0 saturated heterocycles. The molecule has 2 rings (SSSR count). The standard InChI is InChI=1S/C18H22Cl2N2O3/c1-3-4-5-8-22-17(24)15(13-7-6-12(19)11-14(13)20)16(18(22)25)21(2)9-10-23/h6-7,11,23H,3-5,8-10H2,1-2H3. The summed E-state index contributed by atoms with van der Waals surface area (Å²) < 4.78 is 0. The molecule has 2 amide bonds. The highest BCUT2D eigenvalue weighted by molar-refractivity contribution is 6.41. The molecule has 1 heterocycles. The molecule has 0 unspecified atom stereocenters. The van der Waals surface area contributed by atoms with Crippen molar-refractivity contribution < 1.29 is 14.7 Å². The number of aliphatic hydroxyl groups is 1. The molecule has 1 aromatic carbocycles. The van der Waals surface area contributed by atoms with Crippen LogP contribution >= 0.6 is 23.2 Å². The minimum atomic E-state index is -0.356. The highest BCUT2D eigenvalue weighted by Crippen LogP contribution is 2.35. The van der Waals surface area contributed by atoms with Crippen LogP contribution in [0.25, 0.3) is 5.57 Å². The molecule has 1 aliphatic rings. The van der Waals surface area contributed by atoms with Crippen molar-refractivity contribution in [2.24, 2.45) is 0 Å². The fraction of sp³-hybridized carbons (Fsp3) is 0.444. The minimum absolute atomic E-state index is 0.126. The summed E-state index contributed by atoms with van der Waals surface area (Å²) in [6.45, 7) is 2.55. The molecule has 0 radical (unpaired) electrons. The van der Waals surface area contributed by atoms with E-state index >= 15 is 0 Å². The summed E-state index contributed by atoms with van der Waals surface area (Å²) in [6, 6.07) is 4.83. The quantitative estimate of drug-likeness (QED) is 0.552. The Balaban J connectivity index is 2.47. The zero-order valence-corrected chi connectivity index (χ0v) is 15.9. The molecule has 0 fully saturated rings. The van der Waals surface area contributed by atoms with Crippen molar-refractivity contribution in [3.05, 3.63) is 39.5 Å². The van der Waals surface area contributed by atoms with Gasteiger partial charge in [0, 0.05) is 30.7 Å². The Kier molecular flexibility index (Phi) is 6.87. The first-order valence-electron chi connectivity index (χ1n) is 8.30. The van der Waals surface area contributed by atoms with Crippen LogP contribution in [0.3, 0.4) is 0 Å². The van der Waals surface area contributed by atoms with E-state index < -0.39 is 0 Å². The van der Waals surface area contributed by atoms with E-state index in [4.69, 9.17) is 23.2 Å². The van der Waals surface area contributed by atoms with Crippen molar-refractivity contribution >= 4 is 40.6 Å². The molecule has 0 spiro atoms. The van der Waals surface area contributed by atoms with Gasteiger partial charge in [0.05, 0.1) is 17.2 Å². The highest BCUT2D eigenvalue weighted by atomic mass is 35.5. The Morgan fingerprint density at radius 3 is 2.48 bits per heavy atom. The number of hydrogen-bond acceptors (Lipinski definition) is 4. The van der Waals surface area contributed by atoms with Gasteiger partial charge in [-0.1, -0.05) is 49.0 Å². The zero-order valence-electron chi connectivity index (χ0n) is 14.4. The van der Waals surface area contributed by atoms with Crippen LogP contribution in [0.2, 0.25) is 10.0 Å². The van der Waals surface area contributed by atoms with Gasteiger partial charge in [0.1, 0.15) is 5.70 Å². The van der Waals surface area contributed by atoms with Crippen LogP contribution in [-0.2, 0) is 9.59 Å². The summed E-state index contributed by atoms with van der Waals surface area (Å²) in [6.07, 6.45) is 2.69. The van der Waals surface area contributed by atoms with E-state index in [1.807, 2.05) is 0 Å². The Labute approximate surface area is 157 Å². The first-order chi connectivity index (χ1) is 11.9. The predicted octanol–water partition coefficient (Wildman–Crippen LogP) is 3.19. The molecule has 5 nitrogen and oxygen atoms in total. The Hall–Kier alpha value is -1.56. The highest BCUT2D eigenvalue weighted by Gasteiger charge is 2.40. The van der Waals surface area contributed by atoms with E-state index in [9.17, 15) is 14.7 Å². The van der Waals surface area contributed by atoms with E-state index in [1.54, 1.807) is 30.1 Å². The molecule has 0 aliphatic carbocycles. The largest absolute Gasteiger partial charge is 0.395 e. The minimum Gasteiger partial charge on any atom is -0.395 e. The number of hydrogen-bond donors (Lipinski definition) is 1. The lowest BCUT2D eigenvalue weighted by Crippen LogP contribution is -2.35. The van der Waals surface area contributed by atoms with Crippen LogP contribution < -0.4 is 0 Å². The maximum absolute atomic E-state index is 12.9. The normalized spacial score (nSPS) is 14.7. The first-order valence-corrected chi connectivity index (χ1v) is 9.05. The Morgan fingerprint density at radius 1 is 1.16 bits per heavy atom. The lowest BCUT2D eigenvalue weighted by atomic mass is 10.0. The topological polar surface area (TPSA) is 60.9 Å². The van der Waals surface area contributed by atoms with E-state index in [-0.39, 0.29) is 36.2 Å². The fourth-order valence-corrected chi connectivity index (χ4v) is 3.34. The van der Waals surface area contributed by atoms with Gasteiger partial charge in [-0.25, -0.2) is 0 Å². The average molecular weight is 385 g/mol. The predicted molar refractivity (Wildman–Crippen MR) is 99.3 cm³/mol. The van der Waals surface area contributed by atoms with Gasteiger partial charge >= 0.3 is 0 Å². The number of rotatable bonds is 8. The maximum atomic E-state index is 12.9. The first kappa shape index (κ1) is 19.8. The van der Waals surface area contributed by atoms with Crippen molar-refractivity contribution in [1.82, 2.24) is 9.80 Å². The third kappa shape index (κ3) is 4.17. The van der Waals surface area contributed by atoms with Gasteiger partial charge in [-0.15, -0.1) is 0 Å². The van der Waals surface area contributed by atoms with Gasteiger partial charge in [-0.05, 0) is 18.6 Å². The molecular weight excluding hydrogens is 363 g/mol. The Morgan fingerprint density at radius 2 is 1.88 bits per heavy atom. The molecule has 0 aromatic heterocycles. The van der Waals surface area contributed by atoms with Crippen LogP contribution in [0.5, 0.6) is 0 Å². The van der Waals surface area contributed by atoms with Gasteiger partial charge in [0.25, 0.3) is 11.8 Å². The van der Waals surface area contributed by atoms with Crippen LogP contribution in [0.1, 0.15) is 31.7 Å². The number of carbonyl (C=O) groups is 2. The third-order valence-corrected chi connectivity index (χ3v) is 4.69. The molecule has 0 atom stereocenters. The van der Waals surface area contributed by atoms with Crippen molar-refractivity contribution in [3.63, 3.8) is 0 Å². The van der Waals surface area contributed by atoms with Crippen molar-refractivity contribution in [1.29, 1.82) is 0 Å². The molecular formula is C18H22Cl2N2O3. The molecule has 0 saturated carbocycles. The summed E-state index contributed by atoms with van der Waals surface area (Å²) in [5.41, 5.74) is 1.00. The number of nitrogens with zero attached hydrogens (tertiary/aromatic N) is 2. The van der Waals surface area contributed by atoms with E-state index in [1.165, 1.54) is 4.90 Å². The average Bonchev–Trinajstić information content (AvgIpc) is 2.80. The number of unbranched alkanes of at least 4 members (excludes halogenated alkanes) is 2. The molecule has 1 N–H and O–H groups in total. The maximum Gasteiger partial charge on any atom is 0.277 e. The molecule has 7 heteroatoms. The molecule has 0 bridgehead atoms. The number of imide groups is 1. The van der Waals surface area contributed by atoms with Crippen molar-refractivity contribution in [2.75, 3.05) is 26.7 Å². The zero-order chi connectivity index (χ0) is 18.6. The Bertz CT molecular complexity index is 704.